The molecule has 0 aliphatic carbocycles. The van der Waals surface area contributed by atoms with Crippen LogP contribution in [0, 0.1) is 5.82 Å². The third kappa shape index (κ3) is 3.81. The number of fused-ring (bicyclic) bond motifs is 1. The fourth-order valence-corrected chi connectivity index (χ4v) is 5.96. The van der Waals surface area contributed by atoms with Crippen molar-refractivity contribution in [1.82, 2.24) is 0 Å². The minimum Gasteiger partial charge on any atom is -0.477 e. The Morgan fingerprint density at radius 2 is 1.91 bits per heavy atom. The van der Waals surface area contributed by atoms with Crippen molar-refractivity contribution in [3.05, 3.63) is 80.3 Å². The Morgan fingerprint density at radius 1 is 1.19 bits per heavy atom. The quantitative estimate of drug-likeness (QED) is 0.426. The van der Waals surface area contributed by atoms with Gasteiger partial charge in [0.05, 0.1) is 28.3 Å². The Morgan fingerprint density at radius 3 is 2.59 bits per heavy atom. The number of aromatic carboxylic acids is 1. The highest BCUT2D eigenvalue weighted by Gasteiger charge is 2.38. The molecule has 2 heterocycles. The molecule has 164 valence electrons. The van der Waals surface area contributed by atoms with Gasteiger partial charge in [0.25, 0.3) is 5.91 Å². The number of carbonyl (C=O) groups is 3. The molecule has 2 amide bonds. The van der Waals surface area contributed by atoms with Crippen molar-refractivity contribution in [1.29, 1.82) is 0 Å². The standard InChI is InChI=1S/C21H13ClFNO6S2/c22-14-4-2-1-3-11(14)10-32(29,30)13-5-6-15(23)16(8-13)24-17(25)7-12-9-31-19(21(27)28)18(12)20(24)26/h1-6,8-9H,7,10H2,(H,27,28). The summed E-state index contributed by atoms with van der Waals surface area (Å²) in [6.07, 6.45) is -0.319. The second-order valence-corrected chi connectivity index (χ2v) is 10.2. The smallest absolute Gasteiger partial charge is 0.346 e. The number of hydrogen-bond donors (Lipinski definition) is 1. The summed E-state index contributed by atoms with van der Waals surface area (Å²) in [4.78, 5) is 37.0. The summed E-state index contributed by atoms with van der Waals surface area (Å²) in [6, 6.07) is 9.11. The predicted molar refractivity (Wildman–Crippen MR) is 116 cm³/mol. The molecule has 0 saturated carbocycles. The fourth-order valence-electron chi connectivity index (χ4n) is 3.39. The van der Waals surface area contributed by atoms with E-state index in [2.05, 4.69) is 0 Å². The average molecular weight is 494 g/mol. The van der Waals surface area contributed by atoms with Gasteiger partial charge < -0.3 is 5.11 Å². The first-order chi connectivity index (χ1) is 15.1. The van der Waals surface area contributed by atoms with E-state index in [0.29, 0.717) is 10.5 Å². The lowest BCUT2D eigenvalue weighted by molar-refractivity contribution is -0.117. The molecule has 1 N–H and O–H groups in total. The predicted octanol–water partition coefficient (Wildman–Crippen LogP) is 3.94. The number of carbonyl (C=O) groups excluding carboxylic acids is 2. The van der Waals surface area contributed by atoms with Crippen LogP contribution in [-0.2, 0) is 26.8 Å². The summed E-state index contributed by atoms with van der Waals surface area (Å²) >= 11 is 6.83. The summed E-state index contributed by atoms with van der Waals surface area (Å²) in [5.74, 6) is -4.64. The van der Waals surface area contributed by atoms with E-state index in [1.54, 1.807) is 12.1 Å². The Kier molecular flexibility index (Phi) is 5.61. The van der Waals surface area contributed by atoms with Crippen molar-refractivity contribution in [3.63, 3.8) is 0 Å². The monoisotopic (exact) mass is 493 g/mol. The first kappa shape index (κ1) is 22.1. The number of benzene rings is 2. The zero-order valence-electron chi connectivity index (χ0n) is 16.0. The van der Waals surface area contributed by atoms with Crippen molar-refractivity contribution in [3.8, 4) is 0 Å². The molecule has 0 bridgehead atoms. The van der Waals surface area contributed by atoms with Crippen LogP contribution in [0.2, 0.25) is 5.02 Å². The highest BCUT2D eigenvalue weighted by Crippen LogP contribution is 2.34. The molecule has 1 aliphatic rings. The number of thiophene rings is 1. The fraction of sp³-hybridized carbons (Fsp3) is 0.0952. The average Bonchev–Trinajstić information content (AvgIpc) is 3.15. The van der Waals surface area contributed by atoms with E-state index in [-0.39, 0.29) is 32.3 Å². The van der Waals surface area contributed by atoms with Crippen molar-refractivity contribution in [2.75, 3.05) is 4.90 Å². The van der Waals surface area contributed by atoms with Crippen LogP contribution in [-0.4, -0.2) is 31.3 Å². The second kappa shape index (κ2) is 8.12. The number of amides is 2. The lowest BCUT2D eigenvalue weighted by Crippen LogP contribution is -2.43. The lowest BCUT2D eigenvalue weighted by atomic mass is 10.0. The minimum absolute atomic E-state index is 0.203. The number of nitrogens with zero attached hydrogens (tertiary/aromatic N) is 1. The van der Waals surface area contributed by atoms with Crippen LogP contribution in [0.15, 0.2) is 52.7 Å². The van der Waals surface area contributed by atoms with E-state index in [1.165, 1.54) is 17.5 Å². The highest BCUT2D eigenvalue weighted by molar-refractivity contribution is 7.90. The zero-order valence-corrected chi connectivity index (χ0v) is 18.4. The molecule has 32 heavy (non-hydrogen) atoms. The van der Waals surface area contributed by atoms with Crippen molar-refractivity contribution < 1.29 is 32.3 Å². The van der Waals surface area contributed by atoms with Crippen molar-refractivity contribution >= 4 is 56.2 Å². The molecule has 2 aromatic carbocycles. The number of carboxylic acid groups (broad SMARTS) is 1. The molecule has 4 rings (SSSR count). The Bertz CT molecular complexity index is 1400. The lowest BCUT2D eigenvalue weighted by Gasteiger charge is -2.26. The van der Waals surface area contributed by atoms with Crippen LogP contribution in [0.1, 0.15) is 31.2 Å². The summed E-state index contributed by atoms with van der Waals surface area (Å²) < 4.78 is 40.5. The molecule has 7 nitrogen and oxygen atoms in total. The van der Waals surface area contributed by atoms with E-state index in [1.807, 2.05) is 0 Å². The van der Waals surface area contributed by atoms with Gasteiger partial charge in [0.1, 0.15) is 10.7 Å². The topological polar surface area (TPSA) is 109 Å². The molecule has 3 aromatic rings. The second-order valence-electron chi connectivity index (χ2n) is 6.95. The van der Waals surface area contributed by atoms with Crippen molar-refractivity contribution in [2.45, 2.75) is 17.1 Å². The maximum Gasteiger partial charge on any atom is 0.346 e. The number of anilines is 1. The van der Waals surface area contributed by atoms with E-state index >= 15 is 0 Å². The molecule has 1 aliphatic heterocycles. The van der Waals surface area contributed by atoms with Gasteiger partial charge in [0.2, 0.25) is 5.91 Å². The van der Waals surface area contributed by atoms with Gasteiger partial charge in [-0.05, 0) is 40.8 Å². The number of imide groups is 1. The van der Waals surface area contributed by atoms with E-state index in [9.17, 15) is 32.3 Å². The van der Waals surface area contributed by atoms with Gasteiger partial charge >= 0.3 is 5.97 Å². The van der Waals surface area contributed by atoms with E-state index in [0.717, 1.165) is 29.5 Å². The molecular formula is C21H13ClFNO6S2. The van der Waals surface area contributed by atoms with Crippen LogP contribution in [0.5, 0.6) is 0 Å². The largest absolute Gasteiger partial charge is 0.477 e. The molecule has 0 atom stereocenters. The molecule has 0 radical (unpaired) electrons. The number of hydrogen-bond acceptors (Lipinski definition) is 6. The highest BCUT2D eigenvalue weighted by atomic mass is 35.5. The molecule has 0 saturated heterocycles. The summed E-state index contributed by atoms with van der Waals surface area (Å²) in [5, 5.41) is 11.0. The third-order valence-electron chi connectivity index (χ3n) is 4.89. The molecule has 0 spiro atoms. The molecule has 0 unspecified atom stereocenters. The number of halogens is 2. The van der Waals surface area contributed by atoms with Crippen LogP contribution < -0.4 is 4.90 Å². The van der Waals surface area contributed by atoms with Crippen LogP contribution >= 0.6 is 22.9 Å². The third-order valence-corrected chi connectivity index (χ3v) is 7.94. The minimum atomic E-state index is -4.01. The van der Waals surface area contributed by atoms with Gasteiger partial charge in [0, 0.05) is 5.02 Å². The number of sulfone groups is 1. The van der Waals surface area contributed by atoms with Crippen LogP contribution in [0.4, 0.5) is 10.1 Å². The van der Waals surface area contributed by atoms with Gasteiger partial charge in [-0.25, -0.2) is 22.5 Å². The Labute approximate surface area is 190 Å². The van der Waals surface area contributed by atoms with Gasteiger partial charge in [-0.2, -0.15) is 0 Å². The maximum absolute atomic E-state index is 14.7. The van der Waals surface area contributed by atoms with E-state index in [4.69, 9.17) is 11.6 Å². The van der Waals surface area contributed by atoms with Crippen LogP contribution in [0.3, 0.4) is 0 Å². The van der Waals surface area contributed by atoms with Gasteiger partial charge in [-0.1, -0.05) is 29.8 Å². The van der Waals surface area contributed by atoms with Crippen molar-refractivity contribution in [2.24, 2.45) is 0 Å². The van der Waals surface area contributed by atoms with Crippen LogP contribution in [0.25, 0.3) is 0 Å². The molecule has 1 aromatic heterocycles. The molecular weight excluding hydrogens is 481 g/mol. The molecule has 11 heteroatoms. The molecule has 0 fully saturated rings. The van der Waals surface area contributed by atoms with Gasteiger partial charge in [-0.3, -0.25) is 9.59 Å². The van der Waals surface area contributed by atoms with Gasteiger partial charge in [0.15, 0.2) is 9.84 Å². The summed E-state index contributed by atoms with van der Waals surface area (Å²) in [7, 11) is -4.01. The van der Waals surface area contributed by atoms with Gasteiger partial charge in [-0.15, -0.1) is 11.3 Å². The number of carboxylic acids is 1. The maximum atomic E-state index is 14.7. The first-order valence-corrected chi connectivity index (χ1v) is 12.0. The normalized spacial score (nSPS) is 13.9. The first-order valence-electron chi connectivity index (χ1n) is 9.07. The summed E-state index contributed by atoms with van der Waals surface area (Å²) in [5.41, 5.74) is -0.194. The Hall–Kier alpha value is -3.08. The zero-order chi connectivity index (χ0) is 23.2. The SMILES string of the molecule is O=C(O)c1scc2c1C(=O)N(c1cc(S(=O)(=O)Cc3ccccc3Cl)ccc1F)C(=O)C2. The summed E-state index contributed by atoms with van der Waals surface area (Å²) in [6.45, 7) is 0. The number of rotatable bonds is 5. The van der Waals surface area contributed by atoms with E-state index < -0.39 is 44.9 Å². The Balaban J connectivity index is 1.77.